The van der Waals surface area contributed by atoms with Gasteiger partial charge in [-0.25, -0.2) is 0 Å². The molecule has 128 valence electrons. The van der Waals surface area contributed by atoms with Gasteiger partial charge in [0.25, 0.3) is 0 Å². The molecule has 0 aliphatic heterocycles. The SMILES string of the molecule is CCCc1ccc(CCc2ccc(OCc3ccccc3)nn2)nc1. The van der Waals surface area contributed by atoms with Crippen LogP contribution in [0.1, 0.15) is 35.9 Å². The Kier molecular flexibility index (Phi) is 6.10. The van der Waals surface area contributed by atoms with E-state index in [1.807, 2.05) is 48.7 Å². The summed E-state index contributed by atoms with van der Waals surface area (Å²) >= 11 is 0. The molecule has 0 amide bonds. The third-order valence-corrected chi connectivity index (χ3v) is 3.99. The van der Waals surface area contributed by atoms with Crippen molar-refractivity contribution in [3.8, 4) is 5.88 Å². The van der Waals surface area contributed by atoms with Crippen molar-refractivity contribution >= 4 is 0 Å². The number of hydrogen-bond acceptors (Lipinski definition) is 4. The Labute approximate surface area is 148 Å². The van der Waals surface area contributed by atoms with Gasteiger partial charge in [0.15, 0.2) is 0 Å². The predicted octanol–water partition coefficient (Wildman–Crippen LogP) is 4.19. The first-order valence-electron chi connectivity index (χ1n) is 8.76. The number of aryl methyl sites for hydroxylation is 3. The largest absolute Gasteiger partial charge is 0.472 e. The zero-order valence-corrected chi connectivity index (χ0v) is 14.6. The molecule has 0 spiro atoms. The molecule has 0 aliphatic carbocycles. The van der Waals surface area contributed by atoms with Gasteiger partial charge in [0, 0.05) is 18.0 Å². The van der Waals surface area contributed by atoms with E-state index in [-0.39, 0.29) is 0 Å². The van der Waals surface area contributed by atoms with E-state index in [4.69, 9.17) is 4.74 Å². The molecule has 0 saturated heterocycles. The summed E-state index contributed by atoms with van der Waals surface area (Å²) in [5.41, 5.74) is 4.45. The van der Waals surface area contributed by atoms with Gasteiger partial charge in [-0.05, 0) is 42.5 Å². The van der Waals surface area contributed by atoms with Crippen LogP contribution in [0.3, 0.4) is 0 Å². The van der Waals surface area contributed by atoms with Crippen LogP contribution in [0.4, 0.5) is 0 Å². The van der Waals surface area contributed by atoms with E-state index in [0.29, 0.717) is 12.5 Å². The summed E-state index contributed by atoms with van der Waals surface area (Å²) in [5, 5.41) is 8.40. The molecule has 0 bridgehead atoms. The van der Waals surface area contributed by atoms with Gasteiger partial charge >= 0.3 is 0 Å². The fraction of sp³-hybridized carbons (Fsp3) is 0.286. The lowest BCUT2D eigenvalue weighted by Gasteiger charge is -2.06. The molecule has 25 heavy (non-hydrogen) atoms. The normalized spacial score (nSPS) is 10.6. The Bertz CT molecular complexity index is 755. The lowest BCUT2D eigenvalue weighted by molar-refractivity contribution is 0.290. The smallest absolute Gasteiger partial charge is 0.233 e. The minimum absolute atomic E-state index is 0.503. The zero-order chi connectivity index (χ0) is 17.3. The Balaban J connectivity index is 1.48. The van der Waals surface area contributed by atoms with Crippen molar-refractivity contribution < 1.29 is 4.74 Å². The lowest BCUT2D eigenvalue weighted by Crippen LogP contribution is -2.01. The van der Waals surface area contributed by atoms with Crippen molar-refractivity contribution in [2.75, 3.05) is 0 Å². The van der Waals surface area contributed by atoms with E-state index >= 15 is 0 Å². The molecular formula is C21H23N3O. The number of pyridine rings is 1. The highest BCUT2D eigenvalue weighted by atomic mass is 16.5. The molecule has 4 nitrogen and oxygen atoms in total. The van der Waals surface area contributed by atoms with Crippen molar-refractivity contribution in [3.05, 3.63) is 83.3 Å². The molecule has 0 unspecified atom stereocenters. The predicted molar refractivity (Wildman–Crippen MR) is 98.4 cm³/mol. The van der Waals surface area contributed by atoms with Crippen molar-refractivity contribution in [2.24, 2.45) is 0 Å². The third-order valence-electron chi connectivity index (χ3n) is 3.99. The summed E-state index contributed by atoms with van der Waals surface area (Å²) < 4.78 is 5.66. The van der Waals surface area contributed by atoms with Crippen molar-refractivity contribution in [2.45, 2.75) is 39.2 Å². The monoisotopic (exact) mass is 333 g/mol. The van der Waals surface area contributed by atoms with Crippen LogP contribution in [-0.4, -0.2) is 15.2 Å². The third kappa shape index (κ3) is 5.38. The van der Waals surface area contributed by atoms with Gasteiger partial charge in [-0.15, -0.1) is 5.10 Å². The highest BCUT2D eigenvalue weighted by molar-refractivity contribution is 5.18. The zero-order valence-electron chi connectivity index (χ0n) is 14.6. The van der Waals surface area contributed by atoms with Crippen molar-refractivity contribution in [1.82, 2.24) is 15.2 Å². The minimum Gasteiger partial charge on any atom is -0.472 e. The number of rotatable bonds is 8. The summed E-state index contributed by atoms with van der Waals surface area (Å²) in [6.07, 6.45) is 5.90. The molecule has 2 heterocycles. The molecule has 4 heteroatoms. The Morgan fingerprint density at radius 1 is 0.760 bits per heavy atom. The topological polar surface area (TPSA) is 47.9 Å². The average Bonchev–Trinajstić information content (AvgIpc) is 2.68. The maximum absolute atomic E-state index is 5.66. The summed E-state index contributed by atoms with van der Waals surface area (Å²) in [6.45, 7) is 2.68. The number of hydrogen-bond donors (Lipinski definition) is 0. The van der Waals surface area contributed by atoms with Crippen molar-refractivity contribution in [3.63, 3.8) is 0 Å². The molecule has 0 fully saturated rings. The number of aromatic nitrogens is 3. The molecule has 0 aliphatic rings. The van der Waals surface area contributed by atoms with E-state index in [1.54, 1.807) is 0 Å². The maximum Gasteiger partial charge on any atom is 0.233 e. The first-order valence-corrected chi connectivity index (χ1v) is 8.76. The second-order valence-corrected chi connectivity index (χ2v) is 6.04. The van der Waals surface area contributed by atoms with Crippen LogP contribution in [0.2, 0.25) is 0 Å². The van der Waals surface area contributed by atoms with E-state index in [2.05, 4.69) is 34.2 Å². The Hall–Kier alpha value is -2.75. The lowest BCUT2D eigenvalue weighted by atomic mass is 10.1. The summed E-state index contributed by atoms with van der Waals surface area (Å²) in [5.74, 6) is 0.551. The van der Waals surface area contributed by atoms with Crippen LogP contribution >= 0.6 is 0 Å². The fourth-order valence-electron chi connectivity index (χ4n) is 2.59. The number of ether oxygens (including phenoxy) is 1. The van der Waals surface area contributed by atoms with E-state index in [1.165, 1.54) is 5.56 Å². The van der Waals surface area contributed by atoms with Crippen LogP contribution in [0.15, 0.2) is 60.8 Å². The van der Waals surface area contributed by atoms with E-state index < -0.39 is 0 Å². The second-order valence-electron chi connectivity index (χ2n) is 6.04. The highest BCUT2D eigenvalue weighted by Gasteiger charge is 2.02. The maximum atomic E-state index is 5.66. The van der Waals surface area contributed by atoms with Crippen LogP contribution < -0.4 is 4.74 Å². The van der Waals surface area contributed by atoms with Gasteiger partial charge in [-0.3, -0.25) is 4.98 Å². The summed E-state index contributed by atoms with van der Waals surface area (Å²) in [4.78, 5) is 4.52. The first-order chi connectivity index (χ1) is 12.3. The van der Waals surface area contributed by atoms with E-state index in [9.17, 15) is 0 Å². The summed E-state index contributed by atoms with van der Waals surface area (Å²) in [6, 6.07) is 18.2. The van der Waals surface area contributed by atoms with Gasteiger partial charge in [0.2, 0.25) is 5.88 Å². The summed E-state index contributed by atoms with van der Waals surface area (Å²) in [7, 11) is 0. The molecule has 2 aromatic heterocycles. The molecule has 3 rings (SSSR count). The first kappa shape index (κ1) is 17.1. The molecule has 0 atom stereocenters. The molecular weight excluding hydrogens is 310 g/mol. The van der Waals surface area contributed by atoms with Crippen LogP contribution in [0.25, 0.3) is 0 Å². The van der Waals surface area contributed by atoms with Gasteiger partial charge in [-0.1, -0.05) is 49.7 Å². The van der Waals surface area contributed by atoms with Crippen LogP contribution in [0, 0.1) is 0 Å². The molecule has 0 radical (unpaired) electrons. The fourth-order valence-corrected chi connectivity index (χ4v) is 2.59. The van der Waals surface area contributed by atoms with Crippen molar-refractivity contribution in [1.29, 1.82) is 0 Å². The van der Waals surface area contributed by atoms with Gasteiger partial charge in [0.05, 0.1) is 5.69 Å². The van der Waals surface area contributed by atoms with E-state index in [0.717, 1.165) is 42.6 Å². The standard InChI is InChI=1S/C21H23N3O/c1-2-6-17-9-10-19(22-15-17)11-12-20-13-14-21(24-23-20)25-16-18-7-4-3-5-8-18/h3-5,7-10,13-15H,2,6,11-12,16H2,1H3. The van der Waals surface area contributed by atoms with Gasteiger partial charge in [-0.2, -0.15) is 5.10 Å². The van der Waals surface area contributed by atoms with Crippen LogP contribution in [-0.2, 0) is 25.9 Å². The molecule has 0 saturated carbocycles. The quantitative estimate of drug-likeness (QED) is 0.620. The van der Waals surface area contributed by atoms with Gasteiger partial charge in [0.1, 0.15) is 6.61 Å². The molecule has 3 aromatic rings. The average molecular weight is 333 g/mol. The highest BCUT2D eigenvalue weighted by Crippen LogP contribution is 2.10. The number of benzene rings is 1. The second kappa shape index (κ2) is 8.92. The number of nitrogens with zero attached hydrogens (tertiary/aromatic N) is 3. The Morgan fingerprint density at radius 2 is 1.56 bits per heavy atom. The van der Waals surface area contributed by atoms with Crippen LogP contribution in [0.5, 0.6) is 5.88 Å². The minimum atomic E-state index is 0.503. The van der Waals surface area contributed by atoms with Gasteiger partial charge < -0.3 is 4.74 Å². The molecule has 0 N–H and O–H groups in total. The Morgan fingerprint density at radius 3 is 2.24 bits per heavy atom. The molecule has 1 aromatic carbocycles.